The Morgan fingerprint density at radius 2 is 1.80 bits per heavy atom. The van der Waals surface area contributed by atoms with E-state index in [9.17, 15) is 19.3 Å². The predicted molar refractivity (Wildman–Crippen MR) is 86.5 cm³/mol. The first-order valence-electron chi connectivity index (χ1n) is 7.65. The highest BCUT2D eigenvalue weighted by Crippen LogP contribution is 2.36. The molecule has 8 heteroatoms. The third-order valence-corrected chi connectivity index (χ3v) is 3.71. The summed E-state index contributed by atoms with van der Waals surface area (Å²) in [7, 11) is 0. The summed E-state index contributed by atoms with van der Waals surface area (Å²) in [5.74, 6) is -0.355. The molecule has 0 saturated carbocycles. The molecular formula is C17H15FN2O5. The van der Waals surface area contributed by atoms with E-state index < -0.39 is 10.8 Å². The zero-order chi connectivity index (χ0) is 17.8. The number of carbonyl (C=O) groups is 1. The SMILES string of the molecule is O=C(NCCc1ccc(F)cc1)c1cc2c(cc1[N+](=O)[O-])OCCO2. The fraction of sp³-hybridized carbons (Fsp3) is 0.235. The third kappa shape index (κ3) is 3.85. The summed E-state index contributed by atoms with van der Waals surface area (Å²) in [6.07, 6.45) is 0.477. The second-order valence-corrected chi connectivity index (χ2v) is 5.40. The lowest BCUT2D eigenvalue weighted by Crippen LogP contribution is -2.27. The standard InChI is InChI=1S/C17H15FN2O5/c18-12-3-1-11(2-4-12)5-6-19-17(21)13-9-15-16(25-8-7-24-15)10-14(13)20(22)23/h1-4,9-10H,5-8H2,(H,19,21). The quantitative estimate of drug-likeness (QED) is 0.663. The highest BCUT2D eigenvalue weighted by atomic mass is 19.1. The molecule has 2 aromatic rings. The van der Waals surface area contributed by atoms with Crippen LogP contribution in [0.5, 0.6) is 11.5 Å². The van der Waals surface area contributed by atoms with Crippen LogP contribution in [0.4, 0.5) is 10.1 Å². The number of rotatable bonds is 5. The van der Waals surface area contributed by atoms with Gasteiger partial charge in [-0.3, -0.25) is 14.9 Å². The van der Waals surface area contributed by atoms with Crippen molar-refractivity contribution in [2.75, 3.05) is 19.8 Å². The minimum Gasteiger partial charge on any atom is -0.486 e. The molecular weight excluding hydrogens is 331 g/mol. The Bertz CT molecular complexity index is 807. The van der Waals surface area contributed by atoms with E-state index in [-0.39, 0.29) is 29.4 Å². The predicted octanol–water partition coefficient (Wildman–Crippen LogP) is 2.48. The van der Waals surface area contributed by atoms with Gasteiger partial charge in [-0.2, -0.15) is 0 Å². The van der Waals surface area contributed by atoms with Gasteiger partial charge in [-0.15, -0.1) is 0 Å². The fourth-order valence-corrected chi connectivity index (χ4v) is 2.48. The number of carbonyl (C=O) groups excluding carboxylic acids is 1. The molecule has 1 heterocycles. The van der Waals surface area contributed by atoms with Crippen LogP contribution in [0, 0.1) is 15.9 Å². The van der Waals surface area contributed by atoms with Gasteiger partial charge in [0.1, 0.15) is 24.6 Å². The first kappa shape index (κ1) is 16.7. The molecule has 25 heavy (non-hydrogen) atoms. The molecule has 0 bridgehead atoms. The van der Waals surface area contributed by atoms with E-state index >= 15 is 0 Å². The van der Waals surface area contributed by atoms with E-state index in [1.165, 1.54) is 24.3 Å². The maximum absolute atomic E-state index is 12.9. The second-order valence-electron chi connectivity index (χ2n) is 5.40. The van der Waals surface area contributed by atoms with Gasteiger partial charge >= 0.3 is 0 Å². The van der Waals surface area contributed by atoms with Crippen LogP contribution >= 0.6 is 0 Å². The van der Waals surface area contributed by atoms with Crippen LogP contribution in [0.25, 0.3) is 0 Å². The van der Waals surface area contributed by atoms with Crippen molar-refractivity contribution in [3.63, 3.8) is 0 Å². The monoisotopic (exact) mass is 346 g/mol. The first-order valence-corrected chi connectivity index (χ1v) is 7.65. The number of nitro groups is 1. The topological polar surface area (TPSA) is 90.7 Å². The zero-order valence-corrected chi connectivity index (χ0v) is 13.2. The summed E-state index contributed by atoms with van der Waals surface area (Å²) in [4.78, 5) is 22.9. The van der Waals surface area contributed by atoms with Crippen LogP contribution in [0.3, 0.4) is 0 Å². The maximum Gasteiger partial charge on any atom is 0.286 e. The van der Waals surface area contributed by atoms with Gasteiger partial charge in [0.2, 0.25) is 0 Å². The largest absolute Gasteiger partial charge is 0.486 e. The van der Waals surface area contributed by atoms with E-state index in [4.69, 9.17) is 9.47 Å². The average molecular weight is 346 g/mol. The molecule has 0 aromatic heterocycles. The molecule has 0 saturated heterocycles. The summed E-state index contributed by atoms with van der Waals surface area (Å²) in [6, 6.07) is 8.43. The molecule has 0 radical (unpaired) electrons. The number of nitro benzene ring substituents is 1. The highest BCUT2D eigenvalue weighted by molar-refractivity contribution is 5.99. The Balaban J connectivity index is 1.72. The van der Waals surface area contributed by atoms with Gasteiger partial charge in [0.05, 0.1) is 11.0 Å². The minimum absolute atomic E-state index is 0.0895. The van der Waals surface area contributed by atoms with Crippen molar-refractivity contribution in [2.45, 2.75) is 6.42 Å². The van der Waals surface area contributed by atoms with Gasteiger partial charge in [-0.1, -0.05) is 12.1 Å². The smallest absolute Gasteiger partial charge is 0.286 e. The van der Waals surface area contributed by atoms with Crippen LogP contribution in [-0.2, 0) is 6.42 Å². The van der Waals surface area contributed by atoms with E-state index in [0.717, 1.165) is 5.56 Å². The van der Waals surface area contributed by atoms with E-state index in [1.807, 2.05) is 0 Å². The third-order valence-electron chi connectivity index (χ3n) is 3.71. The van der Waals surface area contributed by atoms with E-state index in [1.54, 1.807) is 12.1 Å². The molecule has 1 aliphatic rings. The zero-order valence-electron chi connectivity index (χ0n) is 13.2. The summed E-state index contributed by atoms with van der Waals surface area (Å²) in [5.41, 5.74) is 0.412. The number of hydrogen-bond acceptors (Lipinski definition) is 5. The Morgan fingerprint density at radius 1 is 1.16 bits per heavy atom. The Morgan fingerprint density at radius 3 is 2.44 bits per heavy atom. The lowest BCUT2D eigenvalue weighted by molar-refractivity contribution is -0.385. The van der Waals surface area contributed by atoms with Crippen LogP contribution < -0.4 is 14.8 Å². The number of hydrogen-bond donors (Lipinski definition) is 1. The van der Waals surface area contributed by atoms with Crippen molar-refractivity contribution in [2.24, 2.45) is 0 Å². The number of ether oxygens (including phenoxy) is 2. The Hall–Kier alpha value is -3.16. The summed E-state index contributed by atoms with van der Waals surface area (Å²) in [5, 5.41) is 13.9. The summed E-state index contributed by atoms with van der Waals surface area (Å²) >= 11 is 0. The van der Waals surface area contributed by atoms with Crippen molar-refractivity contribution in [1.82, 2.24) is 5.32 Å². The molecule has 0 atom stereocenters. The number of halogens is 1. The molecule has 1 N–H and O–H groups in total. The number of amides is 1. The fourth-order valence-electron chi connectivity index (χ4n) is 2.48. The van der Waals surface area contributed by atoms with Gasteiger partial charge in [0.15, 0.2) is 11.5 Å². The van der Waals surface area contributed by atoms with E-state index in [2.05, 4.69) is 5.32 Å². The van der Waals surface area contributed by atoms with Crippen molar-refractivity contribution in [1.29, 1.82) is 0 Å². The molecule has 130 valence electrons. The van der Waals surface area contributed by atoms with E-state index in [0.29, 0.717) is 25.4 Å². The van der Waals surface area contributed by atoms with Gasteiger partial charge < -0.3 is 14.8 Å². The summed E-state index contributed by atoms with van der Waals surface area (Å²) in [6.45, 7) is 0.875. The van der Waals surface area contributed by atoms with Crippen LogP contribution in [0.15, 0.2) is 36.4 Å². The molecule has 0 fully saturated rings. The van der Waals surface area contributed by atoms with Crippen LogP contribution in [-0.4, -0.2) is 30.6 Å². The minimum atomic E-state index is -0.632. The molecule has 3 rings (SSSR count). The Kier molecular flexibility index (Phi) is 4.78. The van der Waals surface area contributed by atoms with Crippen LogP contribution in [0.2, 0.25) is 0 Å². The van der Waals surface area contributed by atoms with Crippen molar-refractivity contribution in [3.05, 3.63) is 63.5 Å². The van der Waals surface area contributed by atoms with Crippen molar-refractivity contribution < 1.29 is 23.6 Å². The number of fused-ring (bicyclic) bond motifs is 1. The molecule has 7 nitrogen and oxygen atoms in total. The molecule has 1 aliphatic heterocycles. The highest BCUT2D eigenvalue weighted by Gasteiger charge is 2.26. The molecule has 1 amide bonds. The van der Waals surface area contributed by atoms with Gasteiger partial charge in [0.25, 0.3) is 11.6 Å². The normalized spacial score (nSPS) is 12.5. The maximum atomic E-state index is 12.9. The van der Waals surface area contributed by atoms with Crippen molar-refractivity contribution in [3.8, 4) is 11.5 Å². The molecule has 2 aromatic carbocycles. The number of benzene rings is 2. The van der Waals surface area contributed by atoms with Crippen molar-refractivity contribution >= 4 is 11.6 Å². The lowest BCUT2D eigenvalue weighted by atomic mass is 10.1. The first-order chi connectivity index (χ1) is 12.0. The number of nitrogens with zero attached hydrogens (tertiary/aromatic N) is 1. The van der Waals surface area contributed by atoms with Gasteiger partial charge in [-0.05, 0) is 24.1 Å². The molecule has 0 spiro atoms. The van der Waals surface area contributed by atoms with Gasteiger partial charge in [0, 0.05) is 12.6 Å². The molecule has 0 unspecified atom stereocenters. The Labute approximate surface area is 142 Å². The average Bonchev–Trinajstić information content (AvgIpc) is 2.62. The lowest BCUT2D eigenvalue weighted by Gasteiger charge is -2.18. The molecule has 0 aliphatic carbocycles. The number of nitrogens with one attached hydrogen (secondary N) is 1. The summed E-state index contributed by atoms with van der Waals surface area (Å²) < 4.78 is 23.5. The second kappa shape index (κ2) is 7.16. The van der Waals surface area contributed by atoms with Gasteiger partial charge in [-0.25, -0.2) is 4.39 Å². The van der Waals surface area contributed by atoms with Crippen LogP contribution in [0.1, 0.15) is 15.9 Å².